The summed E-state index contributed by atoms with van der Waals surface area (Å²) in [6.45, 7) is -0.456. The van der Waals surface area contributed by atoms with Gasteiger partial charge in [0.2, 0.25) is 0 Å². The topological polar surface area (TPSA) is 89.5 Å². The molecule has 18 heavy (non-hydrogen) atoms. The van der Waals surface area contributed by atoms with Gasteiger partial charge in [-0.1, -0.05) is 18.2 Å². The number of hydrogen-bond acceptors (Lipinski definition) is 6. The number of aliphatic carboxylic acids is 1. The summed E-state index contributed by atoms with van der Waals surface area (Å²) in [4.78, 5) is 34.8. The number of amides is 2. The molecule has 94 valence electrons. The number of benzene rings is 1. The number of carboxylic acid groups (broad SMARTS) is 1. The van der Waals surface area contributed by atoms with Gasteiger partial charge in [-0.05, 0) is 23.9 Å². The number of thioether (sulfide) groups is 1. The molecule has 1 N–H and O–H groups in total. The summed E-state index contributed by atoms with van der Waals surface area (Å²) in [6, 6.07) is 8.54. The fourth-order valence-corrected chi connectivity index (χ4v) is 2.47. The number of nitrogens with zero attached hydrogens (tertiary/aromatic N) is 1. The second-order valence-electron chi connectivity index (χ2n) is 3.58. The van der Waals surface area contributed by atoms with E-state index in [1.54, 1.807) is 30.3 Å². The van der Waals surface area contributed by atoms with Crippen LogP contribution in [0.25, 0.3) is 0 Å². The summed E-state index contributed by atoms with van der Waals surface area (Å²) >= 11 is 0.754. The molecule has 0 bridgehead atoms. The SMILES string of the molecule is O=C([O-])CN(c1ccccc1)[C@@H]1SC(=O)NC1=O. The van der Waals surface area contributed by atoms with Crippen LogP contribution in [0.15, 0.2) is 30.3 Å². The molecule has 2 rings (SSSR count). The quantitative estimate of drug-likeness (QED) is 0.793. The maximum absolute atomic E-state index is 11.6. The second kappa shape index (κ2) is 5.09. The minimum atomic E-state index is -1.31. The number of nitrogens with one attached hydrogen (secondary N) is 1. The van der Waals surface area contributed by atoms with Gasteiger partial charge in [-0.2, -0.15) is 0 Å². The van der Waals surface area contributed by atoms with Gasteiger partial charge in [-0.25, -0.2) is 0 Å². The van der Waals surface area contributed by atoms with Crippen molar-refractivity contribution < 1.29 is 19.5 Å². The standard InChI is InChI=1S/C11H10N2O4S/c14-8(15)6-13(7-4-2-1-3-5-7)10-9(16)12-11(17)18-10/h1-5,10H,6H2,(H,14,15)(H,12,16,17)/p-1/t10-/m1/s1. The highest BCUT2D eigenvalue weighted by atomic mass is 32.2. The summed E-state index contributed by atoms with van der Waals surface area (Å²) in [5, 5.41) is 11.5. The van der Waals surface area contributed by atoms with Crippen LogP contribution in [0.2, 0.25) is 0 Å². The lowest BCUT2D eigenvalue weighted by Gasteiger charge is -2.28. The van der Waals surface area contributed by atoms with Gasteiger partial charge in [0.05, 0.1) is 12.5 Å². The van der Waals surface area contributed by atoms with Crippen molar-refractivity contribution in [3.63, 3.8) is 0 Å². The zero-order valence-electron chi connectivity index (χ0n) is 9.16. The van der Waals surface area contributed by atoms with Gasteiger partial charge in [0.15, 0.2) is 5.37 Å². The molecule has 0 spiro atoms. The molecule has 1 aromatic carbocycles. The Morgan fingerprint density at radius 3 is 2.50 bits per heavy atom. The third-order valence-corrected chi connectivity index (χ3v) is 3.35. The van der Waals surface area contributed by atoms with Crippen LogP contribution >= 0.6 is 11.8 Å². The zero-order chi connectivity index (χ0) is 13.1. The number of rotatable bonds is 4. The van der Waals surface area contributed by atoms with E-state index in [9.17, 15) is 19.5 Å². The van der Waals surface area contributed by atoms with E-state index in [-0.39, 0.29) is 0 Å². The Morgan fingerprint density at radius 1 is 1.33 bits per heavy atom. The predicted octanol–water partition coefficient (Wildman–Crippen LogP) is -0.448. The lowest BCUT2D eigenvalue weighted by atomic mass is 10.3. The monoisotopic (exact) mass is 265 g/mol. The van der Waals surface area contributed by atoms with Crippen molar-refractivity contribution in [3.8, 4) is 0 Å². The number of anilines is 1. The summed E-state index contributed by atoms with van der Waals surface area (Å²) < 4.78 is 0. The smallest absolute Gasteiger partial charge is 0.288 e. The van der Waals surface area contributed by atoms with Gasteiger partial charge in [0, 0.05) is 5.69 Å². The van der Waals surface area contributed by atoms with E-state index in [0.29, 0.717) is 5.69 Å². The highest BCUT2D eigenvalue weighted by Crippen LogP contribution is 2.27. The molecule has 1 aliphatic heterocycles. The molecule has 1 aliphatic rings. The third-order valence-electron chi connectivity index (χ3n) is 2.34. The molecule has 0 aromatic heterocycles. The molecule has 0 saturated carbocycles. The zero-order valence-corrected chi connectivity index (χ0v) is 9.98. The lowest BCUT2D eigenvalue weighted by molar-refractivity contribution is -0.303. The maximum atomic E-state index is 11.6. The Bertz CT molecular complexity index is 491. The lowest BCUT2D eigenvalue weighted by Crippen LogP contribution is -2.46. The molecular formula is C11H9N2O4S-. The van der Waals surface area contributed by atoms with E-state index < -0.39 is 29.0 Å². The van der Waals surface area contributed by atoms with E-state index in [2.05, 4.69) is 5.32 Å². The number of hydrogen-bond donors (Lipinski definition) is 1. The van der Waals surface area contributed by atoms with Crippen molar-refractivity contribution in [2.75, 3.05) is 11.4 Å². The molecule has 0 aliphatic carbocycles. The molecule has 1 heterocycles. The van der Waals surface area contributed by atoms with Crippen molar-refractivity contribution in [2.45, 2.75) is 5.37 Å². The Morgan fingerprint density at radius 2 is 2.00 bits per heavy atom. The average Bonchev–Trinajstić information content (AvgIpc) is 2.66. The number of carbonyl (C=O) groups excluding carboxylic acids is 3. The van der Waals surface area contributed by atoms with Crippen molar-refractivity contribution in [3.05, 3.63) is 30.3 Å². The normalized spacial score (nSPS) is 18.6. The van der Waals surface area contributed by atoms with Crippen molar-refractivity contribution in [1.29, 1.82) is 0 Å². The minimum Gasteiger partial charge on any atom is -0.548 e. The van der Waals surface area contributed by atoms with Crippen LogP contribution in [0, 0.1) is 0 Å². The first-order chi connectivity index (χ1) is 8.58. The van der Waals surface area contributed by atoms with Crippen molar-refractivity contribution >= 4 is 34.6 Å². The molecule has 1 saturated heterocycles. The van der Waals surface area contributed by atoms with Crippen LogP contribution in [-0.4, -0.2) is 29.0 Å². The van der Waals surface area contributed by atoms with Gasteiger partial charge in [-0.3, -0.25) is 14.9 Å². The summed E-state index contributed by atoms with van der Waals surface area (Å²) in [7, 11) is 0. The number of carboxylic acids is 1. The highest BCUT2D eigenvalue weighted by Gasteiger charge is 2.36. The minimum absolute atomic E-state index is 0.456. The largest absolute Gasteiger partial charge is 0.548 e. The molecule has 2 amide bonds. The number of imide groups is 1. The van der Waals surface area contributed by atoms with Gasteiger partial charge >= 0.3 is 0 Å². The van der Waals surface area contributed by atoms with Crippen LogP contribution < -0.4 is 15.3 Å². The fourth-order valence-electron chi connectivity index (χ4n) is 1.62. The molecule has 1 atom stereocenters. The Balaban J connectivity index is 2.28. The van der Waals surface area contributed by atoms with Crippen LogP contribution in [0.1, 0.15) is 0 Å². The van der Waals surface area contributed by atoms with Crippen LogP contribution in [0.5, 0.6) is 0 Å². The Hall–Kier alpha value is -2.02. The molecule has 1 fully saturated rings. The van der Waals surface area contributed by atoms with Crippen LogP contribution in [0.3, 0.4) is 0 Å². The highest BCUT2D eigenvalue weighted by molar-refractivity contribution is 8.15. The first kappa shape index (κ1) is 12.4. The molecule has 0 unspecified atom stereocenters. The predicted molar refractivity (Wildman–Crippen MR) is 63.7 cm³/mol. The fraction of sp³-hybridized carbons (Fsp3) is 0.182. The molecule has 7 heteroatoms. The van der Waals surface area contributed by atoms with E-state index in [4.69, 9.17) is 0 Å². The van der Waals surface area contributed by atoms with E-state index in [1.807, 2.05) is 0 Å². The van der Waals surface area contributed by atoms with E-state index in [1.165, 1.54) is 4.90 Å². The van der Waals surface area contributed by atoms with Gasteiger partial charge in [-0.15, -0.1) is 0 Å². The summed E-state index contributed by atoms with van der Waals surface area (Å²) in [6.07, 6.45) is 0. The molecule has 6 nitrogen and oxygen atoms in total. The van der Waals surface area contributed by atoms with Gasteiger partial charge < -0.3 is 14.8 Å². The number of para-hydroxylation sites is 1. The second-order valence-corrected chi connectivity index (χ2v) is 4.64. The third kappa shape index (κ3) is 2.62. The molecule has 1 aromatic rings. The van der Waals surface area contributed by atoms with Gasteiger partial charge in [0.1, 0.15) is 0 Å². The molecule has 0 radical (unpaired) electrons. The van der Waals surface area contributed by atoms with Crippen LogP contribution in [-0.2, 0) is 9.59 Å². The van der Waals surface area contributed by atoms with E-state index in [0.717, 1.165) is 11.8 Å². The van der Waals surface area contributed by atoms with Crippen molar-refractivity contribution in [2.24, 2.45) is 0 Å². The average molecular weight is 265 g/mol. The Kier molecular flexibility index (Phi) is 3.52. The number of carbonyl (C=O) groups is 3. The summed E-state index contributed by atoms with van der Waals surface area (Å²) in [5.41, 5.74) is 0.545. The first-order valence-electron chi connectivity index (χ1n) is 5.11. The van der Waals surface area contributed by atoms with Gasteiger partial charge in [0.25, 0.3) is 11.1 Å². The van der Waals surface area contributed by atoms with E-state index >= 15 is 0 Å². The van der Waals surface area contributed by atoms with Crippen LogP contribution in [0.4, 0.5) is 10.5 Å². The Labute approximate surface area is 107 Å². The first-order valence-corrected chi connectivity index (χ1v) is 5.99. The van der Waals surface area contributed by atoms with Crippen molar-refractivity contribution in [1.82, 2.24) is 5.32 Å². The molecular weight excluding hydrogens is 256 g/mol. The summed E-state index contributed by atoms with van der Waals surface area (Å²) in [5.74, 6) is -1.83. The maximum Gasteiger partial charge on any atom is 0.288 e.